The summed E-state index contributed by atoms with van der Waals surface area (Å²) >= 11 is 1.90. The summed E-state index contributed by atoms with van der Waals surface area (Å²) in [6, 6.07) is 9.24. The second kappa shape index (κ2) is 7.70. The highest BCUT2D eigenvalue weighted by Gasteiger charge is 2.17. The van der Waals surface area contributed by atoms with Crippen molar-refractivity contribution in [2.75, 3.05) is 24.0 Å². The first kappa shape index (κ1) is 15.4. The number of hydrogen-bond acceptors (Lipinski definition) is 3. The third-order valence-corrected chi connectivity index (χ3v) is 4.25. The van der Waals surface area contributed by atoms with E-state index in [1.54, 1.807) is 0 Å². The van der Waals surface area contributed by atoms with Gasteiger partial charge in [0.25, 0.3) is 0 Å². The van der Waals surface area contributed by atoms with Gasteiger partial charge < -0.3 is 10.6 Å². The lowest BCUT2D eigenvalue weighted by Crippen LogP contribution is -2.34. The van der Waals surface area contributed by atoms with E-state index in [4.69, 9.17) is 5.73 Å². The van der Waals surface area contributed by atoms with Gasteiger partial charge in [-0.05, 0) is 30.7 Å². The van der Waals surface area contributed by atoms with E-state index in [2.05, 4.69) is 56.3 Å². The Hall–Kier alpha value is -0.670. The number of anilines is 1. The minimum atomic E-state index is 0.135. The van der Waals surface area contributed by atoms with Crippen LogP contribution in [0, 0.1) is 0 Å². The third-order valence-electron chi connectivity index (χ3n) is 3.53. The second-order valence-corrected chi connectivity index (χ2v) is 5.61. The number of rotatable bonds is 7. The maximum Gasteiger partial charge on any atom is 0.0414 e. The third kappa shape index (κ3) is 3.66. The molecular weight excluding hydrogens is 240 g/mol. The monoisotopic (exact) mass is 266 g/mol. The largest absolute Gasteiger partial charge is 0.371 e. The van der Waals surface area contributed by atoms with Crippen molar-refractivity contribution in [3.8, 4) is 0 Å². The molecule has 1 rings (SSSR count). The van der Waals surface area contributed by atoms with Gasteiger partial charge in [-0.3, -0.25) is 0 Å². The first-order valence-electron chi connectivity index (χ1n) is 6.71. The van der Waals surface area contributed by atoms with Crippen molar-refractivity contribution in [2.45, 2.75) is 38.8 Å². The Morgan fingerprint density at radius 3 is 2.44 bits per heavy atom. The molecule has 2 N–H and O–H groups in total. The molecule has 0 amide bonds. The molecule has 2 atom stereocenters. The van der Waals surface area contributed by atoms with Crippen LogP contribution < -0.4 is 10.6 Å². The molecule has 0 saturated heterocycles. The van der Waals surface area contributed by atoms with Gasteiger partial charge in [-0.25, -0.2) is 0 Å². The van der Waals surface area contributed by atoms with E-state index in [0.29, 0.717) is 6.04 Å². The molecule has 0 aliphatic heterocycles. The molecule has 2 unspecified atom stereocenters. The zero-order valence-corrected chi connectivity index (χ0v) is 12.8. The Bertz CT molecular complexity index is 354. The number of benzene rings is 1. The normalized spacial score (nSPS) is 14.3. The lowest BCUT2D eigenvalue weighted by molar-refractivity contribution is 0.653. The molecule has 0 spiro atoms. The SMILES string of the molecule is CCC(N)c1ccccc1N(C)C(CC)CSC. The predicted molar refractivity (Wildman–Crippen MR) is 84.5 cm³/mol. The molecule has 2 nitrogen and oxygen atoms in total. The highest BCUT2D eigenvalue weighted by Crippen LogP contribution is 2.28. The smallest absolute Gasteiger partial charge is 0.0414 e. The molecule has 0 radical (unpaired) electrons. The minimum Gasteiger partial charge on any atom is -0.371 e. The maximum absolute atomic E-state index is 6.22. The molecule has 0 saturated carbocycles. The first-order chi connectivity index (χ1) is 8.65. The molecule has 102 valence electrons. The lowest BCUT2D eigenvalue weighted by atomic mass is 10.0. The summed E-state index contributed by atoms with van der Waals surface area (Å²) in [5, 5.41) is 0. The van der Waals surface area contributed by atoms with Crippen molar-refractivity contribution in [3.05, 3.63) is 29.8 Å². The van der Waals surface area contributed by atoms with Crippen LogP contribution >= 0.6 is 11.8 Å². The van der Waals surface area contributed by atoms with Crippen LogP contribution in [-0.4, -0.2) is 25.1 Å². The Balaban J connectivity index is 3.00. The van der Waals surface area contributed by atoms with Crippen LogP contribution in [0.5, 0.6) is 0 Å². The predicted octanol–water partition coefficient (Wildman–Crippen LogP) is 3.67. The Morgan fingerprint density at radius 1 is 1.22 bits per heavy atom. The summed E-state index contributed by atoms with van der Waals surface area (Å²) in [5.41, 5.74) is 8.77. The van der Waals surface area contributed by atoms with Gasteiger partial charge in [0, 0.05) is 30.6 Å². The highest BCUT2D eigenvalue weighted by atomic mass is 32.2. The standard InChI is InChI=1S/C15H26N2S/c1-5-12(11-18-4)17(3)15-10-8-7-9-13(15)14(16)6-2/h7-10,12,14H,5-6,11,16H2,1-4H3. The van der Waals surface area contributed by atoms with E-state index in [9.17, 15) is 0 Å². The molecule has 0 aromatic heterocycles. The van der Waals surface area contributed by atoms with Crippen molar-refractivity contribution in [3.63, 3.8) is 0 Å². The van der Waals surface area contributed by atoms with Crippen LogP contribution in [0.3, 0.4) is 0 Å². The average Bonchev–Trinajstić information content (AvgIpc) is 2.43. The minimum absolute atomic E-state index is 0.135. The summed E-state index contributed by atoms with van der Waals surface area (Å²) in [6.07, 6.45) is 4.30. The van der Waals surface area contributed by atoms with E-state index in [1.165, 1.54) is 11.3 Å². The van der Waals surface area contributed by atoms with E-state index >= 15 is 0 Å². The first-order valence-corrected chi connectivity index (χ1v) is 8.11. The van der Waals surface area contributed by atoms with Gasteiger partial charge in [0.2, 0.25) is 0 Å². The van der Waals surface area contributed by atoms with Gasteiger partial charge in [-0.2, -0.15) is 11.8 Å². The molecular formula is C15H26N2S. The van der Waals surface area contributed by atoms with Crippen LogP contribution in [-0.2, 0) is 0 Å². The van der Waals surface area contributed by atoms with Gasteiger partial charge in [-0.15, -0.1) is 0 Å². The van der Waals surface area contributed by atoms with Gasteiger partial charge in [0.1, 0.15) is 0 Å². The number of thioether (sulfide) groups is 1. The van der Waals surface area contributed by atoms with Crippen molar-refractivity contribution < 1.29 is 0 Å². The maximum atomic E-state index is 6.22. The molecule has 0 fully saturated rings. The molecule has 0 aliphatic carbocycles. The van der Waals surface area contributed by atoms with Crippen LogP contribution in [0.15, 0.2) is 24.3 Å². The topological polar surface area (TPSA) is 29.3 Å². The van der Waals surface area contributed by atoms with Gasteiger partial charge >= 0.3 is 0 Å². The fourth-order valence-corrected chi connectivity index (χ4v) is 3.08. The molecule has 18 heavy (non-hydrogen) atoms. The van der Waals surface area contributed by atoms with Gasteiger partial charge in [0.05, 0.1) is 0 Å². The van der Waals surface area contributed by atoms with E-state index in [-0.39, 0.29) is 6.04 Å². The Labute approximate surface area is 116 Å². The Kier molecular flexibility index (Phi) is 6.58. The summed E-state index contributed by atoms with van der Waals surface area (Å²) < 4.78 is 0. The molecule has 0 heterocycles. The quantitative estimate of drug-likeness (QED) is 0.816. The summed E-state index contributed by atoms with van der Waals surface area (Å²) in [5.74, 6) is 1.16. The fourth-order valence-electron chi connectivity index (χ4n) is 2.23. The van der Waals surface area contributed by atoms with Crippen LogP contribution in [0.1, 0.15) is 38.3 Å². The Morgan fingerprint density at radius 2 is 1.89 bits per heavy atom. The second-order valence-electron chi connectivity index (χ2n) is 4.70. The van der Waals surface area contributed by atoms with Crippen LogP contribution in [0.4, 0.5) is 5.69 Å². The van der Waals surface area contributed by atoms with Gasteiger partial charge in [0.15, 0.2) is 0 Å². The van der Waals surface area contributed by atoms with Crippen LogP contribution in [0.25, 0.3) is 0 Å². The van der Waals surface area contributed by atoms with Crippen molar-refractivity contribution in [1.29, 1.82) is 0 Å². The lowest BCUT2D eigenvalue weighted by Gasteiger charge is -2.31. The van der Waals surface area contributed by atoms with Crippen molar-refractivity contribution in [2.24, 2.45) is 5.73 Å². The van der Waals surface area contributed by atoms with Crippen LogP contribution in [0.2, 0.25) is 0 Å². The summed E-state index contributed by atoms with van der Waals surface area (Å²) in [4.78, 5) is 2.39. The molecule has 3 heteroatoms. The number of nitrogens with zero attached hydrogens (tertiary/aromatic N) is 1. The van der Waals surface area contributed by atoms with Crippen molar-refractivity contribution >= 4 is 17.4 Å². The molecule has 0 aliphatic rings. The summed E-state index contributed by atoms with van der Waals surface area (Å²) in [6.45, 7) is 4.39. The summed E-state index contributed by atoms with van der Waals surface area (Å²) in [7, 11) is 2.19. The van der Waals surface area contributed by atoms with Crippen molar-refractivity contribution in [1.82, 2.24) is 0 Å². The number of hydrogen-bond donors (Lipinski definition) is 1. The molecule has 1 aromatic rings. The zero-order valence-electron chi connectivity index (χ0n) is 12.0. The molecule has 0 bridgehead atoms. The van der Waals surface area contributed by atoms with E-state index < -0.39 is 0 Å². The van der Waals surface area contributed by atoms with E-state index in [0.717, 1.165) is 18.6 Å². The van der Waals surface area contributed by atoms with Gasteiger partial charge in [-0.1, -0.05) is 32.0 Å². The zero-order chi connectivity index (χ0) is 13.5. The average molecular weight is 266 g/mol. The molecule has 1 aromatic carbocycles. The number of para-hydroxylation sites is 1. The van der Waals surface area contributed by atoms with E-state index in [1.807, 2.05) is 11.8 Å². The highest BCUT2D eigenvalue weighted by molar-refractivity contribution is 7.98. The number of nitrogens with two attached hydrogens (primary N) is 1. The fraction of sp³-hybridized carbons (Fsp3) is 0.600.